The summed E-state index contributed by atoms with van der Waals surface area (Å²) in [5.74, 6) is -1.52. The van der Waals surface area contributed by atoms with Crippen molar-refractivity contribution in [1.29, 1.82) is 0 Å². The van der Waals surface area contributed by atoms with E-state index in [1.54, 1.807) is 0 Å². The summed E-state index contributed by atoms with van der Waals surface area (Å²) in [6.07, 6.45) is 6.69. The van der Waals surface area contributed by atoms with Crippen molar-refractivity contribution in [3.8, 4) is 0 Å². The Morgan fingerprint density at radius 3 is 2.21 bits per heavy atom. The number of hydrogen-bond acceptors (Lipinski definition) is 5. The Morgan fingerprint density at radius 2 is 1.62 bits per heavy atom. The molecule has 0 saturated carbocycles. The van der Waals surface area contributed by atoms with Crippen LogP contribution in [0.2, 0.25) is 0 Å². The molecular formula is C20H23N3O5S. The highest BCUT2D eigenvalue weighted by atomic mass is 32.2. The number of nitrogens with zero attached hydrogens (tertiary/aromatic N) is 2. The van der Waals surface area contributed by atoms with E-state index in [1.165, 1.54) is 25.2 Å². The number of rotatable bonds is 4. The Balaban J connectivity index is 1.65. The first-order valence-electron chi connectivity index (χ1n) is 9.65. The van der Waals surface area contributed by atoms with Gasteiger partial charge in [-0.15, -0.1) is 0 Å². The highest BCUT2D eigenvalue weighted by Gasteiger charge is 2.28. The number of carbonyl (C=O) groups is 1. The van der Waals surface area contributed by atoms with Gasteiger partial charge in [0.1, 0.15) is 10.6 Å². The van der Waals surface area contributed by atoms with E-state index in [0.29, 0.717) is 0 Å². The standard InChI is InChI=1S/C20H23N3O5S/c1-22-10-16(19(25)23(2)20(22)26)29(27,28)11-17(24)21-18-14-7-3-5-12(14)9-13-6-4-8-15(13)18/h9-10H,3-8,11H2,1-2H3,(H,21,24). The van der Waals surface area contributed by atoms with Crippen LogP contribution in [0.25, 0.3) is 0 Å². The number of anilines is 1. The molecule has 2 aliphatic carbocycles. The lowest BCUT2D eigenvalue weighted by Crippen LogP contribution is -2.40. The molecule has 9 heteroatoms. The van der Waals surface area contributed by atoms with Gasteiger partial charge in [0.2, 0.25) is 5.91 Å². The summed E-state index contributed by atoms with van der Waals surface area (Å²) in [6, 6.07) is 2.23. The van der Waals surface area contributed by atoms with Crippen molar-refractivity contribution in [2.75, 3.05) is 11.1 Å². The van der Waals surface area contributed by atoms with Gasteiger partial charge in [0.05, 0.1) is 0 Å². The normalized spacial score (nSPS) is 15.2. The predicted molar refractivity (Wildman–Crippen MR) is 108 cm³/mol. The van der Waals surface area contributed by atoms with Crippen molar-refractivity contribution in [3.05, 3.63) is 55.4 Å². The van der Waals surface area contributed by atoms with Crippen LogP contribution in [0.4, 0.5) is 5.69 Å². The average molecular weight is 417 g/mol. The Morgan fingerprint density at radius 1 is 1.03 bits per heavy atom. The molecule has 0 unspecified atom stereocenters. The third-order valence-electron chi connectivity index (χ3n) is 5.81. The van der Waals surface area contributed by atoms with Crippen LogP contribution in [0.15, 0.2) is 26.7 Å². The van der Waals surface area contributed by atoms with Gasteiger partial charge >= 0.3 is 5.69 Å². The van der Waals surface area contributed by atoms with Crippen LogP contribution in [0, 0.1) is 0 Å². The number of aromatic nitrogens is 2. The highest BCUT2D eigenvalue weighted by Crippen LogP contribution is 2.38. The fourth-order valence-corrected chi connectivity index (χ4v) is 5.68. The SMILES string of the molecule is Cn1cc(S(=O)(=O)CC(=O)Nc2c3c(cc4c2CCC4)CCC3)c(=O)n(C)c1=O. The molecule has 0 radical (unpaired) electrons. The van der Waals surface area contributed by atoms with Gasteiger partial charge in [-0.1, -0.05) is 6.07 Å². The van der Waals surface area contributed by atoms with Gasteiger partial charge in [-0.3, -0.25) is 14.2 Å². The molecule has 1 amide bonds. The quantitative estimate of drug-likeness (QED) is 0.778. The Labute approximate surface area is 168 Å². The second-order valence-electron chi connectivity index (χ2n) is 7.79. The van der Waals surface area contributed by atoms with Crippen LogP contribution in [0.1, 0.15) is 35.1 Å². The molecule has 4 rings (SSSR count). The number of benzene rings is 1. The van der Waals surface area contributed by atoms with Crippen LogP contribution in [-0.4, -0.2) is 29.2 Å². The van der Waals surface area contributed by atoms with Crippen molar-refractivity contribution in [2.45, 2.75) is 43.4 Å². The summed E-state index contributed by atoms with van der Waals surface area (Å²) in [5.41, 5.74) is 3.88. The Kier molecular flexibility index (Phi) is 4.72. The zero-order valence-corrected chi connectivity index (χ0v) is 17.3. The van der Waals surface area contributed by atoms with Crippen molar-refractivity contribution in [1.82, 2.24) is 9.13 Å². The molecule has 0 atom stereocenters. The zero-order valence-electron chi connectivity index (χ0n) is 16.4. The van der Waals surface area contributed by atoms with Crippen molar-refractivity contribution < 1.29 is 13.2 Å². The molecule has 1 heterocycles. The van der Waals surface area contributed by atoms with Crippen molar-refractivity contribution in [2.24, 2.45) is 14.1 Å². The summed E-state index contributed by atoms with van der Waals surface area (Å²) in [4.78, 5) is 36.2. The third-order valence-corrected chi connectivity index (χ3v) is 7.40. The number of nitrogens with one attached hydrogen (secondary N) is 1. The number of sulfone groups is 1. The molecular weight excluding hydrogens is 394 g/mol. The molecule has 1 aromatic heterocycles. The first-order valence-corrected chi connectivity index (χ1v) is 11.3. The second kappa shape index (κ2) is 6.98. The van der Waals surface area contributed by atoms with Gasteiger partial charge in [0.25, 0.3) is 5.56 Å². The second-order valence-corrected chi connectivity index (χ2v) is 9.75. The minimum Gasteiger partial charge on any atom is -0.325 e. The lowest BCUT2D eigenvalue weighted by atomic mass is 9.98. The largest absolute Gasteiger partial charge is 0.330 e. The fourth-order valence-electron chi connectivity index (χ4n) is 4.38. The molecule has 0 saturated heterocycles. The maximum absolute atomic E-state index is 12.7. The third kappa shape index (κ3) is 3.33. The summed E-state index contributed by atoms with van der Waals surface area (Å²) in [7, 11) is -1.64. The minimum absolute atomic E-state index is 0.555. The van der Waals surface area contributed by atoms with Crippen LogP contribution in [0.5, 0.6) is 0 Å². The predicted octanol–water partition coefficient (Wildman–Crippen LogP) is 0.474. The summed E-state index contributed by atoms with van der Waals surface area (Å²) >= 11 is 0. The molecule has 0 aliphatic heterocycles. The molecule has 2 aromatic rings. The Hall–Kier alpha value is -2.68. The summed E-state index contributed by atoms with van der Waals surface area (Å²) in [5, 5.41) is 2.83. The molecule has 29 heavy (non-hydrogen) atoms. The molecule has 0 fully saturated rings. The monoisotopic (exact) mass is 417 g/mol. The van der Waals surface area contributed by atoms with E-state index in [0.717, 1.165) is 70.7 Å². The Bertz CT molecular complexity index is 1220. The molecule has 154 valence electrons. The minimum atomic E-state index is -4.21. The molecule has 1 aromatic carbocycles. The number of amides is 1. The van der Waals surface area contributed by atoms with Gasteiger partial charge in [-0.05, 0) is 60.8 Å². The first kappa shape index (κ1) is 19.6. The van der Waals surface area contributed by atoms with E-state index >= 15 is 0 Å². The van der Waals surface area contributed by atoms with E-state index in [1.807, 2.05) is 0 Å². The van der Waals surface area contributed by atoms with Gasteiger partial charge in [0, 0.05) is 26.0 Å². The summed E-state index contributed by atoms with van der Waals surface area (Å²) < 4.78 is 27.2. The van der Waals surface area contributed by atoms with Crippen LogP contribution in [0.3, 0.4) is 0 Å². The molecule has 1 N–H and O–H groups in total. The van der Waals surface area contributed by atoms with E-state index in [4.69, 9.17) is 0 Å². The number of hydrogen-bond donors (Lipinski definition) is 1. The average Bonchev–Trinajstić information content (AvgIpc) is 3.31. The summed E-state index contributed by atoms with van der Waals surface area (Å²) in [6.45, 7) is 0. The van der Waals surface area contributed by atoms with Gasteiger partial charge in [-0.2, -0.15) is 0 Å². The van der Waals surface area contributed by atoms with Crippen LogP contribution < -0.4 is 16.6 Å². The van der Waals surface area contributed by atoms with Crippen molar-refractivity contribution in [3.63, 3.8) is 0 Å². The lowest BCUT2D eigenvalue weighted by molar-refractivity contribution is -0.113. The molecule has 0 spiro atoms. The van der Waals surface area contributed by atoms with Crippen molar-refractivity contribution >= 4 is 21.4 Å². The maximum atomic E-state index is 12.7. The first-order chi connectivity index (χ1) is 13.7. The lowest BCUT2D eigenvalue weighted by Gasteiger charge is -2.16. The van der Waals surface area contributed by atoms with Crippen LogP contribution in [-0.2, 0) is 54.4 Å². The van der Waals surface area contributed by atoms with Gasteiger partial charge < -0.3 is 9.88 Å². The number of aryl methyl sites for hydroxylation is 3. The fraction of sp³-hybridized carbons (Fsp3) is 0.450. The zero-order chi connectivity index (χ0) is 20.9. The highest BCUT2D eigenvalue weighted by molar-refractivity contribution is 7.92. The number of carbonyl (C=O) groups excluding carboxylic acids is 1. The smallest absolute Gasteiger partial charge is 0.325 e. The van der Waals surface area contributed by atoms with E-state index < -0.39 is 37.6 Å². The maximum Gasteiger partial charge on any atom is 0.330 e. The van der Waals surface area contributed by atoms with Gasteiger partial charge in [0.15, 0.2) is 9.84 Å². The topological polar surface area (TPSA) is 107 Å². The molecule has 2 aliphatic rings. The van der Waals surface area contributed by atoms with E-state index in [-0.39, 0.29) is 0 Å². The molecule has 8 nitrogen and oxygen atoms in total. The van der Waals surface area contributed by atoms with Gasteiger partial charge in [-0.25, -0.2) is 13.2 Å². The molecule has 0 bridgehead atoms. The number of fused-ring (bicyclic) bond motifs is 2. The van der Waals surface area contributed by atoms with E-state index in [9.17, 15) is 22.8 Å². The van der Waals surface area contributed by atoms with E-state index in [2.05, 4.69) is 11.4 Å². The van der Waals surface area contributed by atoms with Crippen LogP contribution >= 0.6 is 0 Å².